The summed E-state index contributed by atoms with van der Waals surface area (Å²) in [6.07, 6.45) is 2.77. The summed E-state index contributed by atoms with van der Waals surface area (Å²) < 4.78 is 5.55. The number of hydrogen-bond donors (Lipinski definition) is 3. The Labute approximate surface area is 171 Å². The van der Waals surface area contributed by atoms with E-state index in [9.17, 15) is 9.59 Å². The van der Waals surface area contributed by atoms with Crippen molar-refractivity contribution in [3.05, 3.63) is 52.1 Å². The van der Waals surface area contributed by atoms with E-state index < -0.39 is 11.8 Å². The van der Waals surface area contributed by atoms with Crippen molar-refractivity contribution in [1.82, 2.24) is 5.32 Å². The Morgan fingerprint density at radius 2 is 2.11 bits per heavy atom. The lowest BCUT2D eigenvalue weighted by Gasteiger charge is -2.18. The summed E-state index contributed by atoms with van der Waals surface area (Å²) >= 11 is 6.75. The van der Waals surface area contributed by atoms with Gasteiger partial charge in [0.25, 0.3) is 11.8 Å². The maximum absolute atomic E-state index is 12.5. The molecule has 0 unspecified atom stereocenters. The predicted octanol–water partition coefficient (Wildman–Crippen LogP) is 3.84. The van der Waals surface area contributed by atoms with Crippen molar-refractivity contribution in [3.8, 4) is 0 Å². The highest BCUT2D eigenvalue weighted by Gasteiger charge is 2.27. The number of anilines is 1. The van der Waals surface area contributed by atoms with Crippen molar-refractivity contribution in [1.29, 1.82) is 0 Å². The van der Waals surface area contributed by atoms with Gasteiger partial charge in [-0.15, -0.1) is 11.3 Å². The lowest BCUT2D eigenvalue weighted by molar-refractivity contribution is 0.0952. The number of furan rings is 1. The second-order valence-electron chi connectivity index (χ2n) is 6.98. The molecule has 4 rings (SSSR count). The van der Waals surface area contributed by atoms with E-state index in [1.165, 1.54) is 11.3 Å². The molecule has 1 aliphatic rings. The number of para-hydroxylation sites is 1. The molecule has 0 spiro atoms. The van der Waals surface area contributed by atoms with Crippen LogP contribution in [-0.2, 0) is 12.8 Å². The van der Waals surface area contributed by atoms with Crippen molar-refractivity contribution in [2.75, 3.05) is 5.32 Å². The SMILES string of the molecule is C[C@H]1CCc2c(sc(NC(=S)NC(=O)c3cc4ccccc4o3)c2C(N)=O)C1. The normalized spacial score (nSPS) is 15.8. The Hall–Kier alpha value is -2.71. The van der Waals surface area contributed by atoms with Crippen molar-refractivity contribution in [3.63, 3.8) is 0 Å². The van der Waals surface area contributed by atoms with Gasteiger partial charge in [-0.3, -0.25) is 14.9 Å². The third-order valence-corrected chi connectivity index (χ3v) is 6.24. The van der Waals surface area contributed by atoms with Crippen LogP contribution in [0.15, 0.2) is 34.7 Å². The van der Waals surface area contributed by atoms with Crippen LogP contribution >= 0.6 is 23.6 Å². The molecule has 3 aromatic rings. The Balaban J connectivity index is 1.52. The van der Waals surface area contributed by atoms with Crippen LogP contribution < -0.4 is 16.4 Å². The van der Waals surface area contributed by atoms with Crippen LogP contribution in [0.1, 0.15) is 44.7 Å². The van der Waals surface area contributed by atoms with Crippen LogP contribution in [-0.4, -0.2) is 16.9 Å². The van der Waals surface area contributed by atoms with E-state index in [0.717, 1.165) is 35.1 Å². The fraction of sp³-hybridized carbons (Fsp3) is 0.250. The van der Waals surface area contributed by atoms with Gasteiger partial charge in [0, 0.05) is 10.3 Å². The lowest BCUT2D eigenvalue weighted by Crippen LogP contribution is -2.34. The minimum absolute atomic E-state index is 0.0969. The van der Waals surface area contributed by atoms with Crippen molar-refractivity contribution in [2.24, 2.45) is 11.7 Å². The second-order valence-corrected chi connectivity index (χ2v) is 8.49. The fourth-order valence-corrected chi connectivity index (χ4v) is 5.17. The van der Waals surface area contributed by atoms with E-state index in [0.29, 0.717) is 22.1 Å². The van der Waals surface area contributed by atoms with Gasteiger partial charge in [0.05, 0.1) is 5.56 Å². The number of fused-ring (bicyclic) bond motifs is 2. The van der Waals surface area contributed by atoms with Crippen molar-refractivity contribution < 1.29 is 14.0 Å². The van der Waals surface area contributed by atoms with Gasteiger partial charge in [-0.2, -0.15) is 0 Å². The summed E-state index contributed by atoms with van der Waals surface area (Å²) in [5, 5.41) is 7.09. The molecule has 0 fully saturated rings. The van der Waals surface area contributed by atoms with Crippen molar-refractivity contribution in [2.45, 2.75) is 26.2 Å². The van der Waals surface area contributed by atoms with Crippen LogP contribution in [0, 0.1) is 5.92 Å². The number of benzene rings is 1. The van der Waals surface area contributed by atoms with Gasteiger partial charge in [-0.1, -0.05) is 25.1 Å². The molecule has 1 atom stereocenters. The van der Waals surface area contributed by atoms with Gasteiger partial charge in [-0.25, -0.2) is 0 Å². The van der Waals surface area contributed by atoms with Crippen molar-refractivity contribution >= 4 is 56.5 Å². The minimum atomic E-state index is -0.485. The largest absolute Gasteiger partial charge is 0.451 e. The summed E-state index contributed by atoms with van der Waals surface area (Å²) in [6.45, 7) is 2.19. The number of nitrogens with two attached hydrogens (primary N) is 1. The molecule has 1 aliphatic carbocycles. The first kappa shape index (κ1) is 18.6. The van der Waals surface area contributed by atoms with Crippen LogP contribution in [0.5, 0.6) is 0 Å². The topological polar surface area (TPSA) is 97.4 Å². The van der Waals surface area contributed by atoms with Crippen LogP contribution in [0.4, 0.5) is 5.00 Å². The van der Waals surface area contributed by atoms with Crippen LogP contribution in [0.3, 0.4) is 0 Å². The minimum Gasteiger partial charge on any atom is -0.451 e. The molecular formula is C20H19N3O3S2. The summed E-state index contributed by atoms with van der Waals surface area (Å²) in [7, 11) is 0. The Bertz CT molecular complexity index is 1070. The van der Waals surface area contributed by atoms with Crippen LogP contribution in [0.2, 0.25) is 0 Å². The molecule has 28 heavy (non-hydrogen) atoms. The molecule has 2 heterocycles. The van der Waals surface area contributed by atoms with E-state index in [-0.39, 0.29) is 10.9 Å². The number of nitrogens with one attached hydrogen (secondary N) is 2. The average molecular weight is 414 g/mol. The number of carbonyl (C=O) groups is 2. The second kappa shape index (κ2) is 7.37. The third-order valence-electron chi connectivity index (χ3n) is 4.86. The zero-order valence-corrected chi connectivity index (χ0v) is 16.8. The molecular weight excluding hydrogens is 394 g/mol. The highest BCUT2D eigenvalue weighted by atomic mass is 32.1. The number of primary amides is 1. The molecule has 8 heteroatoms. The Morgan fingerprint density at radius 1 is 1.32 bits per heavy atom. The van der Waals surface area contributed by atoms with Gasteiger partial charge in [0.2, 0.25) is 0 Å². The van der Waals surface area contributed by atoms with Gasteiger partial charge in [0.1, 0.15) is 10.6 Å². The quantitative estimate of drug-likeness (QED) is 0.567. The maximum atomic E-state index is 12.5. The zero-order valence-electron chi connectivity index (χ0n) is 15.2. The monoisotopic (exact) mass is 413 g/mol. The molecule has 0 saturated carbocycles. The standard InChI is InChI=1S/C20H19N3O3S2/c1-10-6-7-12-15(8-10)28-19(16(12)17(21)24)23-20(27)22-18(25)14-9-11-4-2-3-5-13(11)26-14/h2-5,9-10H,6-8H2,1H3,(H2,21,24)(H2,22,23,25,27)/t10-/m0/s1. The molecule has 0 radical (unpaired) electrons. The summed E-state index contributed by atoms with van der Waals surface area (Å²) in [5.41, 5.74) is 7.72. The van der Waals surface area contributed by atoms with Crippen LogP contribution in [0.25, 0.3) is 11.0 Å². The summed E-state index contributed by atoms with van der Waals surface area (Å²) in [6, 6.07) is 9.02. The average Bonchev–Trinajstić information content (AvgIpc) is 3.21. The highest BCUT2D eigenvalue weighted by Crippen LogP contribution is 2.39. The van der Waals surface area contributed by atoms with E-state index in [1.54, 1.807) is 12.1 Å². The van der Waals surface area contributed by atoms with Gasteiger partial charge < -0.3 is 15.5 Å². The molecule has 0 saturated heterocycles. The van der Waals surface area contributed by atoms with E-state index in [1.807, 2.05) is 18.2 Å². The Kier molecular flexibility index (Phi) is 4.91. The fourth-order valence-electron chi connectivity index (χ4n) is 3.49. The third kappa shape index (κ3) is 3.53. The van der Waals surface area contributed by atoms with Gasteiger partial charge in [-0.05, 0) is 55.1 Å². The summed E-state index contributed by atoms with van der Waals surface area (Å²) in [4.78, 5) is 25.6. The molecule has 2 aromatic heterocycles. The van der Waals surface area contributed by atoms with E-state index >= 15 is 0 Å². The molecule has 0 bridgehead atoms. The summed E-state index contributed by atoms with van der Waals surface area (Å²) in [5.74, 6) is -0.204. The smallest absolute Gasteiger partial charge is 0.293 e. The lowest BCUT2D eigenvalue weighted by atomic mass is 9.88. The first-order chi connectivity index (χ1) is 13.4. The number of carbonyl (C=O) groups excluding carboxylic acids is 2. The molecule has 0 aliphatic heterocycles. The van der Waals surface area contributed by atoms with Gasteiger partial charge >= 0.3 is 0 Å². The number of hydrogen-bond acceptors (Lipinski definition) is 5. The van der Waals surface area contributed by atoms with E-state index in [4.69, 9.17) is 22.4 Å². The Morgan fingerprint density at radius 3 is 2.86 bits per heavy atom. The molecule has 6 nitrogen and oxygen atoms in total. The molecule has 1 aromatic carbocycles. The first-order valence-electron chi connectivity index (χ1n) is 8.97. The number of thiophene rings is 1. The first-order valence-corrected chi connectivity index (χ1v) is 10.2. The highest BCUT2D eigenvalue weighted by molar-refractivity contribution is 7.80. The molecule has 2 amide bonds. The predicted molar refractivity (Wildman–Crippen MR) is 114 cm³/mol. The number of amides is 2. The van der Waals surface area contributed by atoms with Gasteiger partial charge in [0.15, 0.2) is 10.9 Å². The molecule has 144 valence electrons. The van der Waals surface area contributed by atoms with E-state index in [2.05, 4.69) is 17.6 Å². The number of rotatable bonds is 3. The molecule has 4 N–H and O–H groups in total. The zero-order chi connectivity index (χ0) is 19.8. The number of thiocarbonyl (C=S) groups is 1. The maximum Gasteiger partial charge on any atom is 0.293 e.